The zero-order chi connectivity index (χ0) is 16.1. The maximum absolute atomic E-state index is 12.0. The molecule has 2 rings (SSSR count). The van der Waals surface area contributed by atoms with Crippen LogP contribution in [0.3, 0.4) is 0 Å². The van der Waals surface area contributed by atoms with Crippen molar-refractivity contribution < 1.29 is 9.90 Å². The lowest BCUT2D eigenvalue weighted by Crippen LogP contribution is -2.34. The van der Waals surface area contributed by atoms with Crippen LogP contribution in [0.15, 0.2) is 52.3 Å². The number of benzene rings is 1. The minimum Gasteiger partial charge on any atom is -0.387 e. The fourth-order valence-electron chi connectivity index (χ4n) is 2.00. The number of nitrogens with one attached hydrogen (secondary N) is 1. The monoisotopic (exact) mass is 318 g/mol. The average Bonchev–Trinajstić information content (AvgIpc) is 2.55. The molecule has 5 nitrogen and oxygen atoms in total. The normalized spacial score (nSPS) is 12.0. The number of hydrogen-bond donors (Lipinski definition) is 2. The van der Waals surface area contributed by atoms with Gasteiger partial charge in [0.2, 0.25) is 0 Å². The van der Waals surface area contributed by atoms with Gasteiger partial charge in [0, 0.05) is 24.7 Å². The highest BCUT2D eigenvalue weighted by Gasteiger charge is 2.13. The molecule has 0 radical (unpaired) electrons. The van der Waals surface area contributed by atoms with Crippen molar-refractivity contribution in [2.24, 2.45) is 7.05 Å². The summed E-state index contributed by atoms with van der Waals surface area (Å²) in [6.45, 7) is 0.0511. The van der Waals surface area contributed by atoms with Gasteiger partial charge in [-0.1, -0.05) is 12.1 Å². The van der Waals surface area contributed by atoms with Crippen LogP contribution in [-0.4, -0.2) is 28.4 Å². The third-order valence-corrected chi connectivity index (χ3v) is 4.07. The third kappa shape index (κ3) is 3.78. The summed E-state index contributed by atoms with van der Waals surface area (Å²) in [7, 11) is 1.58. The van der Waals surface area contributed by atoms with Gasteiger partial charge in [-0.05, 0) is 36.1 Å². The number of pyridine rings is 1. The first kappa shape index (κ1) is 16.3. The Morgan fingerprint density at radius 2 is 2.00 bits per heavy atom. The van der Waals surface area contributed by atoms with Crippen molar-refractivity contribution in [1.82, 2.24) is 9.88 Å². The summed E-state index contributed by atoms with van der Waals surface area (Å²) >= 11 is 1.62. The van der Waals surface area contributed by atoms with E-state index in [1.807, 2.05) is 30.5 Å². The number of carbonyl (C=O) groups excluding carboxylic acids is 1. The van der Waals surface area contributed by atoms with Crippen molar-refractivity contribution in [1.29, 1.82) is 0 Å². The van der Waals surface area contributed by atoms with E-state index in [9.17, 15) is 14.7 Å². The molecule has 0 aliphatic heterocycles. The number of aromatic nitrogens is 1. The second-order valence-electron chi connectivity index (χ2n) is 4.84. The molecule has 0 saturated heterocycles. The molecule has 22 heavy (non-hydrogen) atoms. The molecule has 0 saturated carbocycles. The van der Waals surface area contributed by atoms with Crippen molar-refractivity contribution in [2.45, 2.75) is 11.0 Å². The first-order valence-corrected chi connectivity index (χ1v) is 8.01. The summed E-state index contributed by atoms with van der Waals surface area (Å²) in [5, 5.41) is 12.7. The van der Waals surface area contributed by atoms with Crippen molar-refractivity contribution in [3.8, 4) is 0 Å². The maximum Gasteiger partial charge on any atom is 0.263 e. The summed E-state index contributed by atoms with van der Waals surface area (Å²) in [5.41, 5.74) is 0.424. The van der Waals surface area contributed by atoms with Crippen LogP contribution in [-0.2, 0) is 7.05 Å². The molecule has 1 amide bonds. The van der Waals surface area contributed by atoms with Crippen molar-refractivity contribution in [3.63, 3.8) is 0 Å². The maximum atomic E-state index is 12.0. The highest BCUT2D eigenvalue weighted by Crippen LogP contribution is 2.18. The standard InChI is InChI=1S/C16H18N2O3S/c1-18-9-3-4-13(16(18)21)15(20)17-10-14(19)11-5-7-12(22-2)8-6-11/h3-9,14,19H,10H2,1-2H3,(H,17,20). The van der Waals surface area contributed by atoms with Crippen molar-refractivity contribution >= 4 is 17.7 Å². The average molecular weight is 318 g/mol. The van der Waals surface area contributed by atoms with E-state index in [-0.39, 0.29) is 17.7 Å². The quantitative estimate of drug-likeness (QED) is 0.821. The van der Waals surface area contributed by atoms with Crippen LogP contribution in [0, 0.1) is 0 Å². The Hall–Kier alpha value is -2.05. The topological polar surface area (TPSA) is 71.3 Å². The van der Waals surface area contributed by atoms with Gasteiger partial charge in [0.15, 0.2) is 0 Å². The van der Waals surface area contributed by atoms with Crippen LogP contribution in [0.2, 0.25) is 0 Å². The summed E-state index contributed by atoms with van der Waals surface area (Å²) in [6.07, 6.45) is 2.75. The zero-order valence-corrected chi connectivity index (χ0v) is 13.3. The molecule has 0 aliphatic carbocycles. The van der Waals surface area contributed by atoms with E-state index < -0.39 is 12.0 Å². The number of thioether (sulfide) groups is 1. The minimum absolute atomic E-state index is 0.0511. The lowest BCUT2D eigenvalue weighted by Gasteiger charge is -2.12. The third-order valence-electron chi connectivity index (χ3n) is 3.32. The van der Waals surface area contributed by atoms with Gasteiger partial charge >= 0.3 is 0 Å². The first-order valence-electron chi connectivity index (χ1n) is 6.79. The fourth-order valence-corrected chi connectivity index (χ4v) is 2.41. The number of aryl methyl sites for hydroxylation is 1. The van der Waals surface area contributed by atoms with Gasteiger partial charge in [-0.25, -0.2) is 0 Å². The van der Waals surface area contributed by atoms with Gasteiger partial charge < -0.3 is 15.0 Å². The number of aliphatic hydroxyl groups is 1. The summed E-state index contributed by atoms with van der Waals surface area (Å²) in [5.74, 6) is -0.485. The zero-order valence-electron chi connectivity index (χ0n) is 12.4. The molecule has 0 fully saturated rings. The molecular formula is C16H18N2O3S. The number of rotatable bonds is 5. The van der Waals surface area contributed by atoms with Crippen LogP contribution >= 0.6 is 11.8 Å². The van der Waals surface area contributed by atoms with Gasteiger partial charge in [0.1, 0.15) is 5.56 Å². The van der Waals surface area contributed by atoms with Gasteiger partial charge in [-0.2, -0.15) is 0 Å². The number of nitrogens with zero attached hydrogens (tertiary/aromatic N) is 1. The number of amides is 1. The molecule has 1 atom stereocenters. The Morgan fingerprint density at radius 3 is 2.64 bits per heavy atom. The smallest absolute Gasteiger partial charge is 0.263 e. The number of hydrogen-bond acceptors (Lipinski definition) is 4. The number of aliphatic hydroxyl groups excluding tert-OH is 1. The van der Waals surface area contributed by atoms with E-state index in [1.54, 1.807) is 31.1 Å². The minimum atomic E-state index is -0.813. The van der Waals surface area contributed by atoms with Crippen molar-refractivity contribution in [2.75, 3.05) is 12.8 Å². The Balaban J connectivity index is 2.00. The molecule has 0 spiro atoms. The van der Waals surface area contributed by atoms with Gasteiger partial charge in [-0.3, -0.25) is 9.59 Å². The molecule has 1 heterocycles. The molecule has 1 aromatic carbocycles. The Labute approximate surface area is 133 Å². The molecule has 0 bridgehead atoms. The first-order chi connectivity index (χ1) is 10.5. The summed E-state index contributed by atoms with van der Waals surface area (Å²) < 4.78 is 1.34. The molecule has 116 valence electrons. The molecule has 2 aromatic rings. The Kier molecular flexibility index (Phi) is 5.41. The fraction of sp³-hybridized carbons (Fsp3) is 0.250. The highest BCUT2D eigenvalue weighted by atomic mass is 32.2. The van der Waals surface area contributed by atoms with E-state index in [0.717, 1.165) is 10.5 Å². The van der Waals surface area contributed by atoms with Gasteiger partial charge in [0.05, 0.1) is 6.10 Å². The molecule has 1 unspecified atom stereocenters. The highest BCUT2D eigenvalue weighted by molar-refractivity contribution is 7.98. The van der Waals surface area contributed by atoms with E-state index in [2.05, 4.69) is 5.32 Å². The van der Waals surface area contributed by atoms with Crippen molar-refractivity contribution in [3.05, 3.63) is 64.1 Å². The number of carbonyl (C=O) groups is 1. The SMILES string of the molecule is CSc1ccc(C(O)CNC(=O)c2cccn(C)c2=O)cc1. The second-order valence-corrected chi connectivity index (χ2v) is 5.72. The van der Waals surface area contributed by atoms with E-state index in [0.29, 0.717) is 0 Å². The summed E-state index contributed by atoms with van der Waals surface area (Å²) in [4.78, 5) is 25.0. The predicted molar refractivity (Wildman–Crippen MR) is 87.2 cm³/mol. The largest absolute Gasteiger partial charge is 0.387 e. The lowest BCUT2D eigenvalue weighted by molar-refractivity contribution is 0.0914. The molecule has 6 heteroatoms. The Bertz CT molecular complexity index is 710. The van der Waals surface area contributed by atoms with Crippen LogP contribution < -0.4 is 10.9 Å². The molecule has 0 aliphatic rings. The predicted octanol–water partition coefficient (Wildman–Crippen LogP) is 1.57. The van der Waals surface area contributed by atoms with Crippen LogP contribution in [0.25, 0.3) is 0 Å². The van der Waals surface area contributed by atoms with Crippen LogP contribution in [0.5, 0.6) is 0 Å². The van der Waals surface area contributed by atoms with Crippen LogP contribution in [0.4, 0.5) is 0 Å². The van der Waals surface area contributed by atoms with Gasteiger partial charge in [-0.15, -0.1) is 11.8 Å². The second kappa shape index (κ2) is 7.29. The molecule has 1 aromatic heterocycles. The van der Waals surface area contributed by atoms with E-state index in [1.165, 1.54) is 10.6 Å². The van der Waals surface area contributed by atoms with Crippen LogP contribution in [0.1, 0.15) is 22.0 Å². The molecular weight excluding hydrogens is 300 g/mol. The Morgan fingerprint density at radius 1 is 1.32 bits per heavy atom. The van der Waals surface area contributed by atoms with E-state index in [4.69, 9.17) is 0 Å². The molecule has 2 N–H and O–H groups in total. The summed E-state index contributed by atoms with van der Waals surface area (Å²) in [6, 6.07) is 10.6. The van der Waals surface area contributed by atoms with Gasteiger partial charge in [0.25, 0.3) is 11.5 Å². The van der Waals surface area contributed by atoms with E-state index >= 15 is 0 Å². The lowest BCUT2D eigenvalue weighted by atomic mass is 10.1.